The lowest BCUT2D eigenvalue weighted by Crippen LogP contribution is -1.99. The number of aliphatic hydroxyl groups is 1. The molecule has 14 heavy (non-hydrogen) atoms. The van der Waals surface area contributed by atoms with Crippen LogP contribution in [0, 0.1) is 0 Å². The third-order valence-corrected chi connectivity index (χ3v) is 2.63. The van der Waals surface area contributed by atoms with E-state index in [1.807, 2.05) is 25.1 Å². The van der Waals surface area contributed by atoms with Gasteiger partial charge in [-0.1, -0.05) is 49.4 Å². The van der Waals surface area contributed by atoms with Gasteiger partial charge in [0.05, 0.1) is 0 Å². The molecule has 0 aliphatic carbocycles. The highest BCUT2D eigenvalue weighted by Gasteiger charge is 2.06. The number of fused-ring (bicyclic) bond motifs is 1. The van der Waals surface area contributed by atoms with Crippen molar-refractivity contribution in [2.75, 3.05) is 6.61 Å². The van der Waals surface area contributed by atoms with Crippen LogP contribution in [-0.4, -0.2) is 11.7 Å². The molecule has 0 bridgehead atoms. The molecule has 0 amide bonds. The minimum absolute atomic E-state index is 0.202. The molecule has 0 fully saturated rings. The molecule has 0 aliphatic rings. The van der Waals surface area contributed by atoms with E-state index in [-0.39, 0.29) is 12.5 Å². The van der Waals surface area contributed by atoms with Gasteiger partial charge in [-0.3, -0.25) is 0 Å². The van der Waals surface area contributed by atoms with E-state index in [0.29, 0.717) is 0 Å². The molecular formula is C13H14O. The summed E-state index contributed by atoms with van der Waals surface area (Å²) in [7, 11) is 0. The van der Waals surface area contributed by atoms with E-state index < -0.39 is 0 Å². The average Bonchev–Trinajstić information content (AvgIpc) is 2.27. The average molecular weight is 186 g/mol. The molecule has 0 saturated carbocycles. The maximum absolute atomic E-state index is 9.15. The summed E-state index contributed by atoms with van der Waals surface area (Å²) in [5.41, 5.74) is 1.23. The predicted molar refractivity (Wildman–Crippen MR) is 59.4 cm³/mol. The van der Waals surface area contributed by atoms with Crippen LogP contribution in [0.3, 0.4) is 0 Å². The molecule has 0 aliphatic heterocycles. The molecule has 1 nitrogen and oxygen atoms in total. The number of benzene rings is 2. The molecular weight excluding hydrogens is 172 g/mol. The van der Waals surface area contributed by atoms with Gasteiger partial charge in [0.2, 0.25) is 0 Å². The SMILES string of the molecule is C[C@@H](CO)c1cccc2ccccc12. The van der Waals surface area contributed by atoms with E-state index in [2.05, 4.69) is 24.3 Å². The molecule has 0 heterocycles. The first-order valence-electron chi connectivity index (χ1n) is 4.91. The van der Waals surface area contributed by atoms with E-state index >= 15 is 0 Å². The van der Waals surface area contributed by atoms with E-state index in [9.17, 15) is 0 Å². The predicted octanol–water partition coefficient (Wildman–Crippen LogP) is 2.94. The van der Waals surface area contributed by atoms with Crippen LogP contribution in [0.4, 0.5) is 0 Å². The molecule has 72 valence electrons. The van der Waals surface area contributed by atoms with Gasteiger partial charge in [-0.25, -0.2) is 0 Å². The lowest BCUT2D eigenvalue weighted by Gasteiger charge is -2.11. The fraction of sp³-hybridized carbons (Fsp3) is 0.231. The Balaban J connectivity index is 2.65. The minimum Gasteiger partial charge on any atom is -0.396 e. The van der Waals surface area contributed by atoms with E-state index in [4.69, 9.17) is 5.11 Å². The van der Waals surface area contributed by atoms with Gasteiger partial charge in [0.1, 0.15) is 0 Å². The largest absolute Gasteiger partial charge is 0.396 e. The maximum Gasteiger partial charge on any atom is 0.0497 e. The Morgan fingerprint density at radius 1 is 1.07 bits per heavy atom. The Bertz CT molecular complexity index is 429. The van der Waals surface area contributed by atoms with E-state index in [0.717, 1.165) is 0 Å². The Morgan fingerprint density at radius 2 is 1.79 bits per heavy atom. The summed E-state index contributed by atoms with van der Waals surface area (Å²) in [6.45, 7) is 2.25. The number of aliphatic hydroxyl groups excluding tert-OH is 1. The topological polar surface area (TPSA) is 20.2 Å². The Kier molecular flexibility index (Phi) is 2.51. The van der Waals surface area contributed by atoms with Crippen LogP contribution in [0.2, 0.25) is 0 Å². The lowest BCUT2D eigenvalue weighted by molar-refractivity contribution is 0.273. The first kappa shape index (κ1) is 9.22. The van der Waals surface area contributed by atoms with E-state index in [1.54, 1.807) is 0 Å². The molecule has 1 N–H and O–H groups in total. The number of hydrogen-bond acceptors (Lipinski definition) is 1. The van der Waals surface area contributed by atoms with Gasteiger partial charge < -0.3 is 5.11 Å². The van der Waals surface area contributed by atoms with Crippen LogP contribution in [0.15, 0.2) is 42.5 Å². The van der Waals surface area contributed by atoms with Crippen molar-refractivity contribution >= 4 is 10.8 Å². The summed E-state index contributed by atoms with van der Waals surface area (Å²) in [4.78, 5) is 0. The number of rotatable bonds is 2. The molecule has 2 aromatic rings. The lowest BCUT2D eigenvalue weighted by atomic mass is 9.95. The zero-order valence-electron chi connectivity index (χ0n) is 8.27. The van der Waals surface area contributed by atoms with Gasteiger partial charge in [-0.05, 0) is 16.3 Å². The molecule has 1 atom stereocenters. The van der Waals surface area contributed by atoms with Crippen molar-refractivity contribution in [2.24, 2.45) is 0 Å². The molecule has 0 spiro atoms. The van der Waals surface area contributed by atoms with Crippen molar-refractivity contribution in [2.45, 2.75) is 12.8 Å². The highest BCUT2D eigenvalue weighted by molar-refractivity contribution is 5.86. The molecule has 2 rings (SSSR count). The Morgan fingerprint density at radius 3 is 2.57 bits per heavy atom. The van der Waals surface area contributed by atoms with Gasteiger partial charge in [0, 0.05) is 12.5 Å². The second-order valence-electron chi connectivity index (χ2n) is 3.65. The Labute approximate surface area is 84.0 Å². The van der Waals surface area contributed by atoms with E-state index in [1.165, 1.54) is 16.3 Å². The standard InChI is InChI=1S/C13H14O/c1-10(9-14)12-8-4-6-11-5-2-3-7-13(11)12/h2-8,10,14H,9H2,1H3/t10-/m0/s1. The van der Waals surface area contributed by atoms with Gasteiger partial charge in [-0.15, -0.1) is 0 Å². The summed E-state index contributed by atoms with van der Waals surface area (Å²) in [6.07, 6.45) is 0. The first-order valence-corrected chi connectivity index (χ1v) is 4.91. The summed E-state index contributed by atoms with van der Waals surface area (Å²) in [6, 6.07) is 14.5. The second kappa shape index (κ2) is 3.81. The smallest absolute Gasteiger partial charge is 0.0497 e. The van der Waals surface area contributed by atoms with Gasteiger partial charge in [0.25, 0.3) is 0 Å². The van der Waals surface area contributed by atoms with Crippen molar-refractivity contribution in [3.63, 3.8) is 0 Å². The first-order chi connectivity index (χ1) is 6.83. The van der Waals surface area contributed by atoms with Crippen LogP contribution in [0.1, 0.15) is 18.4 Å². The van der Waals surface area contributed by atoms with Gasteiger partial charge >= 0.3 is 0 Å². The second-order valence-corrected chi connectivity index (χ2v) is 3.65. The normalized spacial score (nSPS) is 13.0. The quantitative estimate of drug-likeness (QED) is 0.764. The zero-order valence-corrected chi connectivity index (χ0v) is 8.27. The Hall–Kier alpha value is -1.34. The molecule has 0 unspecified atom stereocenters. The van der Waals surface area contributed by atoms with Crippen LogP contribution >= 0.6 is 0 Å². The van der Waals surface area contributed by atoms with Crippen molar-refractivity contribution < 1.29 is 5.11 Å². The van der Waals surface area contributed by atoms with Crippen LogP contribution < -0.4 is 0 Å². The fourth-order valence-electron chi connectivity index (χ4n) is 1.78. The zero-order chi connectivity index (χ0) is 9.97. The summed E-state index contributed by atoms with van der Waals surface area (Å²) in [5.74, 6) is 0.209. The highest BCUT2D eigenvalue weighted by Crippen LogP contribution is 2.24. The maximum atomic E-state index is 9.15. The van der Waals surface area contributed by atoms with Crippen molar-refractivity contribution in [1.82, 2.24) is 0 Å². The van der Waals surface area contributed by atoms with Crippen LogP contribution in [-0.2, 0) is 0 Å². The highest BCUT2D eigenvalue weighted by atomic mass is 16.3. The van der Waals surface area contributed by atoms with Gasteiger partial charge in [0.15, 0.2) is 0 Å². The molecule has 0 aromatic heterocycles. The third kappa shape index (κ3) is 1.51. The monoisotopic (exact) mass is 186 g/mol. The number of hydrogen-bond donors (Lipinski definition) is 1. The van der Waals surface area contributed by atoms with Crippen LogP contribution in [0.5, 0.6) is 0 Å². The third-order valence-electron chi connectivity index (χ3n) is 2.63. The molecule has 2 aromatic carbocycles. The van der Waals surface area contributed by atoms with Crippen LogP contribution in [0.25, 0.3) is 10.8 Å². The summed E-state index contributed by atoms with van der Waals surface area (Å²) >= 11 is 0. The molecule has 0 radical (unpaired) electrons. The van der Waals surface area contributed by atoms with Crippen molar-refractivity contribution in [3.8, 4) is 0 Å². The molecule has 0 saturated heterocycles. The van der Waals surface area contributed by atoms with Crippen molar-refractivity contribution in [1.29, 1.82) is 0 Å². The minimum atomic E-state index is 0.202. The summed E-state index contributed by atoms with van der Waals surface area (Å²) < 4.78 is 0. The van der Waals surface area contributed by atoms with Gasteiger partial charge in [-0.2, -0.15) is 0 Å². The molecule has 1 heteroatoms. The summed E-state index contributed by atoms with van der Waals surface area (Å²) in [5, 5.41) is 11.6. The fourth-order valence-corrected chi connectivity index (χ4v) is 1.78. The van der Waals surface area contributed by atoms with Crippen molar-refractivity contribution in [3.05, 3.63) is 48.0 Å².